The van der Waals surface area contributed by atoms with E-state index < -0.39 is 0 Å². The summed E-state index contributed by atoms with van der Waals surface area (Å²) in [6, 6.07) is 8.12. The van der Waals surface area contributed by atoms with Crippen LogP contribution in [0.15, 0.2) is 30.5 Å². The van der Waals surface area contributed by atoms with Crippen molar-refractivity contribution in [3.8, 4) is 11.3 Å². The van der Waals surface area contributed by atoms with Gasteiger partial charge in [0.25, 0.3) is 5.78 Å². The van der Waals surface area contributed by atoms with Gasteiger partial charge in [-0.2, -0.15) is 9.61 Å². The fourth-order valence-electron chi connectivity index (χ4n) is 1.82. The third kappa shape index (κ3) is 2.17. The topological polar surface area (TPSA) is 65.2 Å². The minimum absolute atomic E-state index is 0.361. The molecule has 0 aliphatic carbocycles. The highest BCUT2D eigenvalue weighted by molar-refractivity contribution is 5.59. The Morgan fingerprint density at radius 1 is 1.16 bits per heavy atom. The number of fused-ring (bicyclic) bond motifs is 1. The van der Waals surface area contributed by atoms with Gasteiger partial charge in [-0.3, -0.25) is 0 Å². The van der Waals surface area contributed by atoms with Gasteiger partial charge in [0.2, 0.25) is 0 Å². The zero-order valence-corrected chi connectivity index (χ0v) is 10.7. The van der Waals surface area contributed by atoms with E-state index in [9.17, 15) is 0 Å². The second-order valence-electron chi connectivity index (χ2n) is 4.27. The SMILES string of the molecule is COCc1nnc2nc(-c3ccc(C)cc3)cnn12. The summed E-state index contributed by atoms with van der Waals surface area (Å²) in [4.78, 5) is 4.45. The summed E-state index contributed by atoms with van der Waals surface area (Å²) >= 11 is 0. The Morgan fingerprint density at radius 3 is 2.68 bits per heavy atom. The number of nitrogens with zero attached hydrogens (tertiary/aromatic N) is 5. The molecule has 3 rings (SSSR count). The van der Waals surface area contributed by atoms with Crippen LogP contribution in [-0.4, -0.2) is 31.9 Å². The standard InChI is InChI=1S/C13H13N5O/c1-9-3-5-10(6-4-9)11-7-14-18-12(8-19-2)16-17-13(18)15-11/h3-7H,8H2,1-2H3. The van der Waals surface area contributed by atoms with Crippen molar-refractivity contribution in [1.29, 1.82) is 0 Å². The predicted molar refractivity (Wildman–Crippen MR) is 69.5 cm³/mol. The second kappa shape index (κ2) is 4.74. The van der Waals surface area contributed by atoms with Gasteiger partial charge in [-0.25, -0.2) is 4.98 Å². The summed E-state index contributed by atoms with van der Waals surface area (Å²) < 4.78 is 6.62. The molecule has 2 heterocycles. The van der Waals surface area contributed by atoms with E-state index in [4.69, 9.17) is 4.74 Å². The minimum Gasteiger partial charge on any atom is -0.377 e. The molecule has 6 nitrogen and oxygen atoms in total. The maximum Gasteiger partial charge on any atom is 0.272 e. The minimum atomic E-state index is 0.361. The molecular weight excluding hydrogens is 242 g/mol. The quantitative estimate of drug-likeness (QED) is 0.711. The van der Waals surface area contributed by atoms with E-state index in [-0.39, 0.29) is 0 Å². The van der Waals surface area contributed by atoms with Gasteiger partial charge in [-0.05, 0) is 6.92 Å². The number of methoxy groups -OCH3 is 1. The Morgan fingerprint density at radius 2 is 1.95 bits per heavy atom. The Labute approximate surface area is 110 Å². The van der Waals surface area contributed by atoms with Gasteiger partial charge in [-0.1, -0.05) is 29.8 Å². The molecule has 0 spiro atoms. The van der Waals surface area contributed by atoms with E-state index in [2.05, 4.69) is 20.3 Å². The molecular formula is C13H13N5O. The zero-order chi connectivity index (χ0) is 13.2. The number of aromatic nitrogens is 5. The number of ether oxygens (including phenoxy) is 1. The van der Waals surface area contributed by atoms with Crippen molar-refractivity contribution in [1.82, 2.24) is 24.8 Å². The molecule has 0 bridgehead atoms. The highest BCUT2D eigenvalue weighted by atomic mass is 16.5. The third-order valence-corrected chi connectivity index (χ3v) is 2.83. The molecule has 6 heteroatoms. The van der Waals surface area contributed by atoms with Crippen LogP contribution in [0.25, 0.3) is 17.0 Å². The maximum atomic E-state index is 5.03. The fraction of sp³-hybridized carbons (Fsp3) is 0.231. The van der Waals surface area contributed by atoms with Crippen LogP contribution >= 0.6 is 0 Å². The largest absolute Gasteiger partial charge is 0.377 e. The van der Waals surface area contributed by atoms with Gasteiger partial charge < -0.3 is 4.74 Å². The van der Waals surface area contributed by atoms with Crippen molar-refractivity contribution in [2.24, 2.45) is 0 Å². The summed E-state index contributed by atoms with van der Waals surface area (Å²) in [5.41, 5.74) is 3.00. The smallest absolute Gasteiger partial charge is 0.272 e. The lowest BCUT2D eigenvalue weighted by molar-refractivity contribution is 0.176. The molecule has 96 valence electrons. The Bertz CT molecular complexity index is 705. The Balaban J connectivity index is 2.04. The van der Waals surface area contributed by atoms with Gasteiger partial charge in [0.1, 0.15) is 6.61 Å². The first-order chi connectivity index (χ1) is 9.28. The summed E-state index contributed by atoms with van der Waals surface area (Å²) in [6.07, 6.45) is 1.71. The van der Waals surface area contributed by atoms with Crippen LogP contribution in [0.3, 0.4) is 0 Å². The average Bonchev–Trinajstić information content (AvgIpc) is 2.83. The molecule has 0 fully saturated rings. The van der Waals surface area contributed by atoms with Crippen LogP contribution < -0.4 is 0 Å². The van der Waals surface area contributed by atoms with Crippen LogP contribution in [0.1, 0.15) is 11.4 Å². The number of hydrogen-bond acceptors (Lipinski definition) is 5. The molecule has 19 heavy (non-hydrogen) atoms. The molecule has 0 unspecified atom stereocenters. The third-order valence-electron chi connectivity index (χ3n) is 2.83. The molecule has 1 aromatic carbocycles. The second-order valence-corrected chi connectivity index (χ2v) is 4.27. The van der Waals surface area contributed by atoms with Gasteiger partial charge in [0.15, 0.2) is 5.82 Å². The van der Waals surface area contributed by atoms with Crippen molar-refractivity contribution in [3.63, 3.8) is 0 Å². The summed E-state index contributed by atoms with van der Waals surface area (Å²) in [7, 11) is 1.61. The van der Waals surface area contributed by atoms with Gasteiger partial charge in [-0.15, -0.1) is 10.2 Å². The maximum absolute atomic E-state index is 5.03. The van der Waals surface area contributed by atoms with E-state index in [1.54, 1.807) is 17.8 Å². The summed E-state index contributed by atoms with van der Waals surface area (Å²) in [6.45, 7) is 2.41. The van der Waals surface area contributed by atoms with Crippen molar-refractivity contribution in [2.75, 3.05) is 7.11 Å². The molecule has 0 aliphatic heterocycles. The Kier molecular flexibility index (Phi) is 2.92. The normalized spacial score (nSPS) is 11.1. The zero-order valence-electron chi connectivity index (χ0n) is 10.7. The number of aryl methyl sites for hydroxylation is 1. The first-order valence-corrected chi connectivity index (χ1v) is 5.91. The highest BCUT2D eigenvalue weighted by Crippen LogP contribution is 2.17. The first kappa shape index (κ1) is 11.7. The van der Waals surface area contributed by atoms with Crippen LogP contribution in [-0.2, 0) is 11.3 Å². The molecule has 0 aliphatic rings. The van der Waals surface area contributed by atoms with E-state index in [1.807, 2.05) is 31.2 Å². The summed E-state index contributed by atoms with van der Waals surface area (Å²) in [5, 5.41) is 12.3. The molecule has 0 N–H and O–H groups in total. The van der Waals surface area contributed by atoms with E-state index in [0.29, 0.717) is 18.2 Å². The van der Waals surface area contributed by atoms with Gasteiger partial charge in [0.05, 0.1) is 11.9 Å². The molecule has 0 saturated carbocycles. The van der Waals surface area contributed by atoms with E-state index in [0.717, 1.165) is 11.3 Å². The molecule has 0 radical (unpaired) electrons. The van der Waals surface area contributed by atoms with Crippen LogP contribution in [0.5, 0.6) is 0 Å². The lowest BCUT2D eigenvalue weighted by Gasteiger charge is -2.01. The average molecular weight is 255 g/mol. The first-order valence-electron chi connectivity index (χ1n) is 5.91. The number of benzene rings is 1. The predicted octanol–water partition coefficient (Wildman–Crippen LogP) is 1.64. The number of hydrogen-bond donors (Lipinski definition) is 0. The highest BCUT2D eigenvalue weighted by Gasteiger charge is 2.09. The lowest BCUT2D eigenvalue weighted by Crippen LogP contribution is -2.02. The van der Waals surface area contributed by atoms with Crippen molar-refractivity contribution < 1.29 is 4.74 Å². The van der Waals surface area contributed by atoms with Crippen molar-refractivity contribution >= 4 is 5.78 Å². The molecule has 3 aromatic rings. The molecule has 0 saturated heterocycles. The number of rotatable bonds is 3. The lowest BCUT2D eigenvalue weighted by atomic mass is 10.1. The molecule has 0 atom stereocenters. The van der Waals surface area contributed by atoms with Crippen LogP contribution in [0.4, 0.5) is 0 Å². The van der Waals surface area contributed by atoms with Crippen molar-refractivity contribution in [3.05, 3.63) is 41.9 Å². The summed E-state index contributed by atoms with van der Waals surface area (Å²) in [5.74, 6) is 1.12. The van der Waals surface area contributed by atoms with E-state index in [1.165, 1.54) is 5.56 Å². The fourth-order valence-corrected chi connectivity index (χ4v) is 1.82. The van der Waals surface area contributed by atoms with Gasteiger partial charge >= 0.3 is 0 Å². The van der Waals surface area contributed by atoms with Gasteiger partial charge in [0, 0.05) is 12.7 Å². The monoisotopic (exact) mass is 255 g/mol. The van der Waals surface area contributed by atoms with E-state index >= 15 is 0 Å². The van der Waals surface area contributed by atoms with Crippen molar-refractivity contribution in [2.45, 2.75) is 13.5 Å². The van der Waals surface area contributed by atoms with Crippen LogP contribution in [0.2, 0.25) is 0 Å². The molecule has 0 amide bonds. The molecule has 2 aromatic heterocycles. The Hall–Kier alpha value is -2.34. The van der Waals surface area contributed by atoms with Crippen LogP contribution in [0, 0.1) is 6.92 Å².